The number of aliphatic hydroxyl groups excluding tert-OH is 1. The third-order valence-corrected chi connectivity index (χ3v) is 2.01. The van der Waals surface area contributed by atoms with E-state index in [1.807, 2.05) is 13.8 Å². The molecule has 0 aliphatic carbocycles. The molecular weight excluding hydrogens is 196 g/mol. The molecule has 0 aromatic heterocycles. The van der Waals surface area contributed by atoms with Crippen LogP contribution in [-0.2, 0) is 14.3 Å². The van der Waals surface area contributed by atoms with Gasteiger partial charge in [-0.25, -0.2) is 4.79 Å². The quantitative estimate of drug-likeness (QED) is 0.654. The van der Waals surface area contributed by atoms with E-state index in [1.165, 1.54) is 6.92 Å². The lowest BCUT2D eigenvalue weighted by Gasteiger charge is -2.16. The van der Waals surface area contributed by atoms with E-state index in [1.54, 1.807) is 0 Å². The van der Waals surface area contributed by atoms with Crippen LogP contribution in [0, 0.1) is 0 Å². The molecule has 0 heterocycles. The summed E-state index contributed by atoms with van der Waals surface area (Å²) >= 11 is 0. The molecule has 0 rings (SSSR count). The zero-order valence-corrected chi connectivity index (χ0v) is 9.66. The van der Waals surface area contributed by atoms with Gasteiger partial charge in [-0.2, -0.15) is 0 Å². The summed E-state index contributed by atoms with van der Waals surface area (Å²) in [7, 11) is 0. The predicted octanol–water partition coefficient (Wildman–Crippen LogP) is 1.45. The Morgan fingerprint density at radius 2 is 1.87 bits per heavy atom. The highest BCUT2D eigenvalue weighted by atomic mass is 16.6. The van der Waals surface area contributed by atoms with E-state index in [4.69, 9.17) is 9.84 Å². The number of hydrogen-bond donors (Lipinski definition) is 1. The van der Waals surface area contributed by atoms with Crippen LogP contribution in [0.15, 0.2) is 0 Å². The minimum Gasteiger partial charge on any atom is -0.452 e. The van der Waals surface area contributed by atoms with Gasteiger partial charge in [-0.1, -0.05) is 20.3 Å². The molecule has 0 radical (unpaired) electrons. The molecule has 0 amide bonds. The Bertz CT molecular complexity index is 211. The molecule has 0 aromatic rings. The molecule has 2 atom stereocenters. The van der Waals surface area contributed by atoms with Crippen LogP contribution in [-0.4, -0.2) is 29.1 Å². The second kappa shape index (κ2) is 7.40. The maximum absolute atomic E-state index is 11.5. The third-order valence-electron chi connectivity index (χ3n) is 2.01. The van der Waals surface area contributed by atoms with Crippen LogP contribution in [0.1, 0.15) is 46.5 Å². The first-order valence-electron chi connectivity index (χ1n) is 5.44. The van der Waals surface area contributed by atoms with Crippen molar-refractivity contribution in [1.29, 1.82) is 0 Å². The Morgan fingerprint density at radius 1 is 1.27 bits per heavy atom. The van der Waals surface area contributed by atoms with Gasteiger partial charge in [-0.05, 0) is 19.8 Å². The van der Waals surface area contributed by atoms with Crippen molar-refractivity contribution in [2.45, 2.75) is 58.7 Å². The lowest BCUT2D eigenvalue weighted by Crippen LogP contribution is -2.31. The van der Waals surface area contributed by atoms with E-state index in [0.717, 1.165) is 12.8 Å². The molecular formula is C11H20O4. The van der Waals surface area contributed by atoms with Gasteiger partial charge in [-0.15, -0.1) is 0 Å². The summed E-state index contributed by atoms with van der Waals surface area (Å²) in [4.78, 5) is 22.6. The zero-order valence-electron chi connectivity index (χ0n) is 9.66. The molecule has 0 aromatic carbocycles. The van der Waals surface area contributed by atoms with Crippen molar-refractivity contribution in [2.75, 3.05) is 0 Å². The fourth-order valence-electron chi connectivity index (χ4n) is 1.19. The van der Waals surface area contributed by atoms with E-state index >= 15 is 0 Å². The summed E-state index contributed by atoms with van der Waals surface area (Å²) in [5.41, 5.74) is 0. The van der Waals surface area contributed by atoms with Crippen molar-refractivity contribution >= 4 is 11.8 Å². The van der Waals surface area contributed by atoms with Gasteiger partial charge < -0.3 is 9.84 Å². The van der Waals surface area contributed by atoms with Crippen molar-refractivity contribution in [1.82, 2.24) is 0 Å². The second-order valence-electron chi connectivity index (χ2n) is 3.61. The number of Topliss-reactive ketones (excluding diaryl/α,β-unsaturated/α-hetero) is 1. The summed E-state index contributed by atoms with van der Waals surface area (Å²) in [6.07, 6.45) is 0.601. The van der Waals surface area contributed by atoms with Gasteiger partial charge in [0.25, 0.3) is 0 Å². The van der Waals surface area contributed by atoms with Gasteiger partial charge in [0.1, 0.15) is 6.10 Å². The number of ketones is 1. The Kier molecular flexibility index (Phi) is 6.96. The van der Waals surface area contributed by atoms with Gasteiger partial charge in [0.2, 0.25) is 0 Å². The Morgan fingerprint density at radius 3 is 2.27 bits per heavy atom. The first-order valence-corrected chi connectivity index (χ1v) is 5.44. The highest BCUT2D eigenvalue weighted by molar-refractivity contribution is 5.86. The molecule has 0 fully saturated rings. The smallest absolute Gasteiger partial charge is 0.335 e. The summed E-state index contributed by atoms with van der Waals surface area (Å²) in [5.74, 6) is -0.786. The standard InChI is InChI=1S/C11H20O4/c1-4-6-9(13)10(7-5-2)15-11(14)8(3)12/h8,10,12H,4-7H2,1-3H3. The molecule has 15 heavy (non-hydrogen) atoms. The predicted molar refractivity (Wildman–Crippen MR) is 56.4 cm³/mol. The molecule has 0 saturated carbocycles. The van der Waals surface area contributed by atoms with Gasteiger partial charge in [0.15, 0.2) is 11.9 Å². The first kappa shape index (κ1) is 14.1. The summed E-state index contributed by atoms with van der Waals surface area (Å²) < 4.78 is 4.93. The number of aliphatic hydroxyl groups is 1. The highest BCUT2D eigenvalue weighted by Crippen LogP contribution is 2.08. The fraction of sp³-hybridized carbons (Fsp3) is 0.818. The maximum atomic E-state index is 11.5. The van der Waals surface area contributed by atoms with Crippen LogP contribution in [0.2, 0.25) is 0 Å². The summed E-state index contributed by atoms with van der Waals surface area (Å²) in [5, 5.41) is 8.96. The molecule has 4 heteroatoms. The first-order chi connectivity index (χ1) is 7.02. The Labute approximate surface area is 90.6 Å². The van der Waals surface area contributed by atoms with E-state index in [0.29, 0.717) is 12.8 Å². The Balaban J connectivity index is 4.26. The molecule has 0 saturated heterocycles. The molecule has 0 aliphatic heterocycles. The van der Waals surface area contributed by atoms with Crippen molar-refractivity contribution in [3.05, 3.63) is 0 Å². The number of esters is 1. The van der Waals surface area contributed by atoms with Crippen LogP contribution in [0.25, 0.3) is 0 Å². The van der Waals surface area contributed by atoms with E-state index in [2.05, 4.69) is 0 Å². The number of rotatable bonds is 7. The summed E-state index contributed by atoms with van der Waals surface area (Å²) in [6.45, 7) is 5.15. The molecule has 0 aliphatic rings. The minimum absolute atomic E-state index is 0.0617. The van der Waals surface area contributed by atoms with Gasteiger partial charge in [0.05, 0.1) is 0 Å². The maximum Gasteiger partial charge on any atom is 0.335 e. The minimum atomic E-state index is -1.17. The van der Waals surface area contributed by atoms with Gasteiger partial charge in [-0.3, -0.25) is 4.79 Å². The molecule has 0 spiro atoms. The lowest BCUT2D eigenvalue weighted by atomic mass is 10.1. The number of carbonyl (C=O) groups excluding carboxylic acids is 2. The Hall–Kier alpha value is -0.900. The summed E-state index contributed by atoms with van der Waals surface area (Å²) in [6, 6.07) is 0. The average molecular weight is 216 g/mol. The SMILES string of the molecule is CCCC(=O)C(CCC)OC(=O)C(C)O. The molecule has 4 nitrogen and oxygen atoms in total. The van der Waals surface area contributed by atoms with Crippen LogP contribution in [0.3, 0.4) is 0 Å². The lowest BCUT2D eigenvalue weighted by molar-refractivity contribution is -0.162. The molecule has 0 bridgehead atoms. The zero-order chi connectivity index (χ0) is 11.8. The number of ether oxygens (including phenoxy) is 1. The normalized spacial score (nSPS) is 14.4. The fourth-order valence-corrected chi connectivity index (χ4v) is 1.19. The average Bonchev–Trinajstić information content (AvgIpc) is 2.17. The van der Waals surface area contributed by atoms with E-state index in [-0.39, 0.29) is 5.78 Å². The van der Waals surface area contributed by atoms with Crippen molar-refractivity contribution < 1.29 is 19.4 Å². The van der Waals surface area contributed by atoms with Crippen LogP contribution >= 0.6 is 0 Å². The molecule has 2 unspecified atom stereocenters. The van der Waals surface area contributed by atoms with E-state index in [9.17, 15) is 9.59 Å². The number of carbonyl (C=O) groups is 2. The van der Waals surface area contributed by atoms with Crippen LogP contribution in [0.4, 0.5) is 0 Å². The second-order valence-corrected chi connectivity index (χ2v) is 3.61. The monoisotopic (exact) mass is 216 g/mol. The highest BCUT2D eigenvalue weighted by Gasteiger charge is 2.22. The van der Waals surface area contributed by atoms with Crippen molar-refractivity contribution in [3.8, 4) is 0 Å². The number of hydrogen-bond acceptors (Lipinski definition) is 4. The van der Waals surface area contributed by atoms with Crippen LogP contribution in [0.5, 0.6) is 0 Å². The van der Waals surface area contributed by atoms with Crippen LogP contribution < -0.4 is 0 Å². The third kappa shape index (κ3) is 5.52. The van der Waals surface area contributed by atoms with Crippen molar-refractivity contribution in [3.63, 3.8) is 0 Å². The molecule has 1 N–H and O–H groups in total. The van der Waals surface area contributed by atoms with Crippen molar-refractivity contribution in [2.24, 2.45) is 0 Å². The largest absolute Gasteiger partial charge is 0.452 e. The molecule has 88 valence electrons. The topological polar surface area (TPSA) is 63.6 Å². The van der Waals surface area contributed by atoms with Gasteiger partial charge >= 0.3 is 5.97 Å². The van der Waals surface area contributed by atoms with Gasteiger partial charge in [0, 0.05) is 6.42 Å². The van der Waals surface area contributed by atoms with E-state index < -0.39 is 18.2 Å².